The van der Waals surface area contributed by atoms with E-state index in [1.807, 2.05) is 6.92 Å². The summed E-state index contributed by atoms with van der Waals surface area (Å²) in [4.78, 5) is 0. The molecule has 0 aliphatic heterocycles. The van der Waals surface area contributed by atoms with E-state index < -0.39 is 6.04 Å². The fourth-order valence-corrected chi connectivity index (χ4v) is 1.96. The highest BCUT2D eigenvalue weighted by molar-refractivity contribution is 9.10. The van der Waals surface area contributed by atoms with Crippen molar-refractivity contribution in [1.29, 1.82) is 0 Å². The highest BCUT2D eigenvalue weighted by atomic mass is 79.9. The topological polar surface area (TPSA) is 46.2 Å². The van der Waals surface area contributed by atoms with Gasteiger partial charge in [-0.1, -0.05) is 0 Å². The number of aliphatic hydroxyl groups is 1. The van der Waals surface area contributed by atoms with Crippen LogP contribution in [0.4, 0.5) is 4.39 Å². The molecular formula is C10H13BrFNO. The van der Waals surface area contributed by atoms with Gasteiger partial charge in [0.2, 0.25) is 0 Å². The van der Waals surface area contributed by atoms with Crippen LogP contribution in [0.25, 0.3) is 0 Å². The SMILES string of the molecule is Cc1cc(Br)c(F)c(C(N)CO)c1C. The van der Waals surface area contributed by atoms with Crippen LogP contribution in [0.5, 0.6) is 0 Å². The molecule has 0 radical (unpaired) electrons. The van der Waals surface area contributed by atoms with Crippen molar-refractivity contribution in [1.82, 2.24) is 0 Å². The van der Waals surface area contributed by atoms with Crippen molar-refractivity contribution >= 4 is 15.9 Å². The molecule has 0 spiro atoms. The van der Waals surface area contributed by atoms with Gasteiger partial charge in [-0.15, -0.1) is 0 Å². The smallest absolute Gasteiger partial charge is 0.142 e. The average Bonchev–Trinajstić information content (AvgIpc) is 2.15. The van der Waals surface area contributed by atoms with E-state index in [9.17, 15) is 4.39 Å². The first-order valence-electron chi connectivity index (χ1n) is 4.30. The van der Waals surface area contributed by atoms with E-state index in [1.165, 1.54) is 0 Å². The van der Waals surface area contributed by atoms with Crippen LogP contribution >= 0.6 is 15.9 Å². The van der Waals surface area contributed by atoms with E-state index in [0.29, 0.717) is 10.0 Å². The molecule has 1 aromatic carbocycles. The summed E-state index contributed by atoms with van der Waals surface area (Å²) in [7, 11) is 0. The van der Waals surface area contributed by atoms with E-state index in [0.717, 1.165) is 11.1 Å². The first kappa shape index (κ1) is 11.6. The maximum atomic E-state index is 13.6. The average molecular weight is 262 g/mol. The van der Waals surface area contributed by atoms with Crippen molar-refractivity contribution in [2.45, 2.75) is 19.9 Å². The van der Waals surface area contributed by atoms with Gasteiger partial charge >= 0.3 is 0 Å². The Labute approximate surface area is 91.1 Å². The molecule has 0 saturated heterocycles. The van der Waals surface area contributed by atoms with E-state index >= 15 is 0 Å². The number of hydrogen-bond donors (Lipinski definition) is 2. The van der Waals surface area contributed by atoms with Crippen LogP contribution in [0.15, 0.2) is 10.5 Å². The van der Waals surface area contributed by atoms with Crippen LogP contribution in [-0.4, -0.2) is 11.7 Å². The zero-order chi connectivity index (χ0) is 10.9. The lowest BCUT2D eigenvalue weighted by molar-refractivity contribution is 0.264. The maximum absolute atomic E-state index is 13.6. The molecular weight excluding hydrogens is 249 g/mol. The standard InChI is InChI=1S/C10H13BrFNO/c1-5-3-7(11)10(12)9(6(5)2)8(13)4-14/h3,8,14H,4,13H2,1-2H3. The molecule has 1 unspecified atom stereocenters. The van der Waals surface area contributed by atoms with Gasteiger partial charge in [-0.2, -0.15) is 0 Å². The van der Waals surface area contributed by atoms with Crippen molar-refractivity contribution in [2.24, 2.45) is 5.73 Å². The Bertz CT molecular complexity index is 328. The van der Waals surface area contributed by atoms with Crippen LogP contribution in [0.3, 0.4) is 0 Å². The summed E-state index contributed by atoms with van der Waals surface area (Å²) in [5, 5.41) is 8.91. The zero-order valence-electron chi connectivity index (χ0n) is 8.14. The summed E-state index contributed by atoms with van der Waals surface area (Å²) in [5.74, 6) is -0.380. The first-order chi connectivity index (χ1) is 6.49. The molecule has 14 heavy (non-hydrogen) atoms. The molecule has 0 aliphatic rings. The van der Waals surface area contributed by atoms with Crippen LogP contribution in [-0.2, 0) is 0 Å². The lowest BCUT2D eigenvalue weighted by atomic mass is 9.98. The summed E-state index contributed by atoms with van der Waals surface area (Å²) in [6.07, 6.45) is 0. The summed E-state index contributed by atoms with van der Waals surface area (Å²) < 4.78 is 14.0. The highest BCUT2D eigenvalue weighted by Crippen LogP contribution is 2.28. The number of hydrogen-bond acceptors (Lipinski definition) is 2. The Balaban J connectivity index is 3.39. The van der Waals surface area contributed by atoms with Crippen LogP contribution in [0, 0.1) is 19.7 Å². The van der Waals surface area contributed by atoms with Gasteiger partial charge in [0, 0.05) is 5.56 Å². The number of benzene rings is 1. The molecule has 78 valence electrons. The molecule has 0 heterocycles. The van der Waals surface area contributed by atoms with Gasteiger partial charge < -0.3 is 10.8 Å². The Morgan fingerprint density at radius 1 is 1.57 bits per heavy atom. The second-order valence-electron chi connectivity index (χ2n) is 3.32. The fourth-order valence-electron chi connectivity index (χ4n) is 1.40. The van der Waals surface area contributed by atoms with Gasteiger partial charge in [-0.25, -0.2) is 4.39 Å². The Hall–Kier alpha value is -0.450. The van der Waals surface area contributed by atoms with E-state index in [-0.39, 0.29) is 12.4 Å². The predicted octanol–water partition coefficient (Wildman–Crippen LogP) is 2.20. The first-order valence-corrected chi connectivity index (χ1v) is 5.09. The molecule has 0 amide bonds. The molecule has 0 fully saturated rings. The summed E-state index contributed by atoms with van der Waals surface area (Å²) in [6.45, 7) is 3.43. The zero-order valence-corrected chi connectivity index (χ0v) is 9.73. The minimum absolute atomic E-state index is 0.256. The number of aryl methyl sites for hydroxylation is 1. The Morgan fingerprint density at radius 3 is 2.64 bits per heavy atom. The van der Waals surface area contributed by atoms with Crippen molar-refractivity contribution in [3.05, 3.63) is 33.0 Å². The van der Waals surface area contributed by atoms with Gasteiger partial charge in [-0.3, -0.25) is 0 Å². The number of halogens is 2. The Morgan fingerprint density at radius 2 is 2.14 bits per heavy atom. The monoisotopic (exact) mass is 261 g/mol. The lowest BCUT2D eigenvalue weighted by Gasteiger charge is -2.16. The summed E-state index contributed by atoms with van der Waals surface area (Å²) >= 11 is 3.12. The summed E-state index contributed by atoms with van der Waals surface area (Å²) in [5.41, 5.74) is 7.77. The predicted molar refractivity (Wildman–Crippen MR) is 57.6 cm³/mol. The normalized spacial score (nSPS) is 13.0. The van der Waals surface area contributed by atoms with Gasteiger partial charge in [0.1, 0.15) is 5.82 Å². The maximum Gasteiger partial charge on any atom is 0.142 e. The Kier molecular flexibility index (Phi) is 3.64. The van der Waals surface area contributed by atoms with Crippen molar-refractivity contribution in [2.75, 3.05) is 6.61 Å². The van der Waals surface area contributed by atoms with Crippen molar-refractivity contribution < 1.29 is 9.50 Å². The van der Waals surface area contributed by atoms with Crippen LogP contribution < -0.4 is 5.73 Å². The van der Waals surface area contributed by atoms with Gasteiger partial charge in [0.25, 0.3) is 0 Å². The number of aliphatic hydroxyl groups excluding tert-OH is 1. The number of nitrogens with two attached hydrogens (primary N) is 1. The third kappa shape index (κ3) is 1.97. The van der Waals surface area contributed by atoms with E-state index in [1.54, 1.807) is 13.0 Å². The van der Waals surface area contributed by atoms with Crippen LogP contribution in [0.1, 0.15) is 22.7 Å². The summed E-state index contributed by atoms with van der Waals surface area (Å²) in [6, 6.07) is 1.05. The molecule has 1 aromatic rings. The molecule has 1 atom stereocenters. The molecule has 0 aromatic heterocycles. The molecule has 0 saturated carbocycles. The van der Waals surface area contributed by atoms with E-state index in [4.69, 9.17) is 10.8 Å². The second-order valence-corrected chi connectivity index (χ2v) is 4.17. The molecule has 1 rings (SSSR count). The molecule has 3 N–H and O–H groups in total. The third-order valence-electron chi connectivity index (χ3n) is 2.35. The molecule has 4 heteroatoms. The molecule has 0 aliphatic carbocycles. The quantitative estimate of drug-likeness (QED) is 0.858. The lowest BCUT2D eigenvalue weighted by Crippen LogP contribution is -2.18. The number of rotatable bonds is 2. The van der Waals surface area contributed by atoms with E-state index in [2.05, 4.69) is 15.9 Å². The minimum atomic E-state index is -0.661. The fraction of sp³-hybridized carbons (Fsp3) is 0.400. The third-order valence-corrected chi connectivity index (χ3v) is 2.93. The van der Waals surface area contributed by atoms with Crippen molar-refractivity contribution in [3.8, 4) is 0 Å². The van der Waals surface area contributed by atoms with Gasteiger partial charge in [0.05, 0.1) is 17.1 Å². The van der Waals surface area contributed by atoms with Crippen LogP contribution in [0.2, 0.25) is 0 Å². The largest absolute Gasteiger partial charge is 0.394 e. The van der Waals surface area contributed by atoms with Crippen molar-refractivity contribution in [3.63, 3.8) is 0 Å². The molecule has 0 bridgehead atoms. The second kappa shape index (κ2) is 4.38. The molecule has 2 nitrogen and oxygen atoms in total. The van der Waals surface area contributed by atoms with Gasteiger partial charge in [0.15, 0.2) is 0 Å². The highest BCUT2D eigenvalue weighted by Gasteiger charge is 2.17. The van der Waals surface area contributed by atoms with Gasteiger partial charge in [-0.05, 0) is 47.0 Å². The minimum Gasteiger partial charge on any atom is -0.394 e.